The van der Waals surface area contributed by atoms with Crippen LogP contribution in [0.4, 0.5) is 5.82 Å². The highest BCUT2D eigenvalue weighted by Gasteiger charge is 2.12. The van der Waals surface area contributed by atoms with Crippen molar-refractivity contribution >= 4 is 5.82 Å². The molecule has 1 rings (SSSR count). The molecule has 1 aromatic heterocycles. The van der Waals surface area contributed by atoms with Crippen molar-refractivity contribution in [3.63, 3.8) is 0 Å². The number of nitriles is 1. The van der Waals surface area contributed by atoms with E-state index in [1.807, 2.05) is 13.8 Å². The van der Waals surface area contributed by atoms with Gasteiger partial charge in [0.2, 0.25) is 0 Å². The zero-order valence-electron chi connectivity index (χ0n) is 11.7. The van der Waals surface area contributed by atoms with Gasteiger partial charge >= 0.3 is 0 Å². The van der Waals surface area contributed by atoms with Crippen LogP contribution in [0.15, 0.2) is 0 Å². The van der Waals surface area contributed by atoms with Crippen LogP contribution in [0.5, 0.6) is 0 Å². The molecule has 98 valence electrons. The van der Waals surface area contributed by atoms with E-state index in [0.717, 1.165) is 17.7 Å². The smallest absolute Gasteiger partial charge is 0.167 e. The molecule has 0 radical (unpaired) electrons. The lowest BCUT2D eigenvalue weighted by atomic mass is 10.1. The van der Waals surface area contributed by atoms with Crippen LogP contribution in [0.1, 0.15) is 56.4 Å². The van der Waals surface area contributed by atoms with Crippen molar-refractivity contribution in [2.75, 3.05) is 5.32 Å². The Bertz CT molecular complexity index is 434. The third-order valence-corrected chi connectivity index (χ3v) is 3.19. The molecule has 0 aliphatic carbocycles. The molecule has 0 aliphatic heterocycles. The topological polar surface area (TPSA) is 61.6 Å². The average Bonchev–Trinajstić information content (AvgIpc) is 2.35. The monoisotopic (exact) mass is 246 g/mol. The Morgan fingerprint density at radius 2 is 2.00 bits per heavy atom. The highest BCUT2D eigenvalue weighted by atomic mass is 15.2. The zero-order chi connectivity index (χ0) is 13.5. The van der Waals surface area contributed by atoms with Crippen molar-refractivity contribution in [1.82, 2.24) is 10.2 Å². The number of nitrogens with one attached hydrogen (secondary N) is 1. The van der Waals surface area contributed by atoms with Gasteiger partial charge < -0.3 is 5.32 Å². The third kappa shape index (κ3) is 3.69. The van der Waals surface area contributed by atoms with E-state index >= 15 is 0 Å². The molecule has 1 unspecified atom stereocenters. The van der Waals surface area contributed by atoms with E-state index in [1.54, 1.807) is 0 Å². The molecule has 0 spiro atoms. The largest absolute Gasteiger partial charge is 0.365 e. The molecule has 0 aliphatic rings. The fourth-order valence-electron chi connectivity index (χ4n) is 1.85. The Labute approximate surface area is 109 Å². The van der Waals surface area contributed by atoms with Gasteiger partial charge in [0.05, 0.1) is 5.69 Å². The Kier molecular flexibility index (Phi) is 5.57. The number of nitrogens with zero attached hydrogens (tertiary/aromatic N) is 3. The van der Waals surface area contributed by atoms with Gasteiger partial charge in [-0.2, -0.15) is 10.4 Å². The fraction of sp³-hybridized carbons (Fsp3) is 0.643. The molecule has 0 saturated carbocycles. The Morgan fingerprint density at radius 3 is 2.61 bits per heavy atom. The van der Waals surface area contributed by atoms with Gasteiger partial charge in [0, 0.05) is 6.04 Å². The lowest BCUT2D eigenvalue weighted by molar-refractivity contribution is 0.612. The summed E-state index contributed by atoms with van der Waals surface area (Å²) in [5, 5.41) is 20.7. The van der Waals surface area contributed by atoms with Gasteiger partial charge in [-0.3, -0.25) is 0 Å². The summed E-state index contributed by atoms with van der Waals surface area (Å²) in [5.74, 6) is 0.615. The molecule has 0 amide bonds. The number of hydrogen-bond acceptors (Lipinski definition) is 4. The molecule has 18 heavy (non-hydrogen) atoms. The molecule has 0 aromatic carbocycles. The second-order valence-electron chi connectivity index (χ2n) is 4.79. The van der Waals surface area contributed by atoms with E-state index in [1.165, 1.54) is 19.3 Å². The molecule has 4 heteroatoms. The van der Waals surface area contributed by atoms with Gasteiger partial charge in [-0.05, 0) is 32.8 Å². The van der Waals surface area contributed by atoms with E-state index in [4.69, 9.17) is 0 Å². The second-order valence-corrected chi connectivity index (χ2v) is 4.79. The van der Waals surface area contributed by atoms with Crippen LogP contribution in [0, 0.1) is 25.2 Å². The van der Waals surface area contributed by atoms with Crippen molar-refractivity contribution in [2.45, 2.75) is 59.4 Å². The number of aromatic nitrogens is 2. The highest BCUT2D eigenvalue weighted by molar-refractivity contribution is 5.56. The van der Waals surface area contributed by atoms with Crippen molar-refractivity contribution in [3.05, 3.63) is 16.8 Å². The molecular formula is C14H22N4. The first-order valence-electron chi connectivity index (χ1n) is 6.60. The van der Waals surface area contributed by atoms with Gasteiger partial charge in [-0.15, -0.1) is 5.10 Å². The Balaban J connectivity index is 2.73. The minimum absolute atomic E-state index is 0.319. The van der Waals surface area contributed by atoms with Crippen molar-refractivity contribution in [2.24, 2.45) is 0 Å². The summed E-state index contributed by atoms with van der Waals surface area (Å²) < 4.78 is 0. The second kappa shape index (κ2) is 6.95. The molecule has 0 bridgehead atoms. The minimum Gasteiger partial charge on any atom is -0.365 e. The molecule has 0 saturated heterocycles. The highest BCUT2D eigenvalue weighted by Crippen LogP contribution is 2.18. The number of rotatable bonds is 6. The van der Waals surface area contributed by atoms with Gasteiger partial charge in [0.25, 0.3) is 0 Å². The van der Waals surface area contributed by atoms with Crippen LogP contribution in [0.3, 0.4) is 0 Å². The molecular weight excluding hydrogens is 224 g/mol. The first-order chi connectivity index (χ1) is 8.60. The molecule has 1 atom stereocenters. The van der Waals surface area contributed by atoms with E-state index in [2.05, 4.69) is 35.4 Å². The standard InChI is InChI=1S/C14H22N4/c1-5-6-7-8-10(2)16-14-13(9-15)11(3)12(4)17-18-14/h10H,5-8H2,1-4H3,(H,16,18). The maximum Gasteiger partial charge on any atom is 0.167 e. The number of unbranched alkanes of at least 4 members (excludes halogenated alkanes) is 2. The summed E-state index contributed by atoms with van der Waals surface area (Å²) in [4.78, 5) is 0. The van der Waals surface area contributed by atoms with E-state index < -0.39 is 0 Å². The molecule has 1 heterocycles. The van der Waals surface area contributed by atoms with Crippen LogP contribution >= 0.6 is 0 Å². The van der Waals surface area contributed by atoms with E-state index in [0.29, 0.717) is 17.4 Å². The fourth-order valence-corrected chi connectivity index (χ4v) is 1.85. The SMILES string of the molecule is CCCCCC(C)Nc1nnc(C)c(C)c1C#N. The predicted octanol–water partition coefficient (Wildman–Crippen LogP) is 3.35. The molecule has 0 fully saturated rings. The Hall–Kier alpha value is -1.63. The maximum absolute atomic E-state index is 9.19. The number of hydrogen-bond donors (Lipinski definition) is 1. The lowest BCUT2D eigenvalue weighted by Gasteiger charge is -2.15. The van der Waals surface area contributed by atoms with Gasteiger partial charge in [0.1, 0.15) is 11.6 Å². The van der Waals surface area contributed by atoms with E-state index in [9.17, 15) is 5.26 Å². The number of anilines is 1. The third-order valence-electron chi connectivity index (χ3n) is 3.19. The zero-order valence-corrected chi connectivity index (χ0v) is 11.7. The van der Waals surface area contributed by atoms with Gasteiger partial charge in [-0.1, -0.05) is 26.2 Å². The Morgan fingerprint density at radius 1 is 1.28 bits per heavy atom. The van der Waals surface area contributed by atoms with E-state index in [-0.39, 0.29) is 0 Å². The first kappa shape index (κ1) is 14.4. The van der Waals surface area contributed by atoms with Crippen molar-refractivity contribution in [1.29, 1.82) is 5.26 Å². The average molecular weight is 246 g/mol. The van der Waals surface area contributed by atoms with Gasteiger partial charge in [-0.25, -0.2) is 0 Å². The lowest BCUT2D eigenvalue weighted by Crippen LogP contribution is -2.18. The maximum atomic E-state index is 9.19. The van der Waals surface area contributed by atoms with Crippen LogP contribution in [-0.2, 0) is 0 Å². The van der Waals surface area contributed by atoms with Crippen LogP contribution in [0.2, 0.25) is 0 Å². The van der Waals surface area contributed by atoms with Crippen LogP contribution in [0.25, 0.3) is 0 Å². The summed E-state index contributed by atoms with van der Waals surface area (Å²) in [7, 11) is 0. The summed E-state index contributed by atoms with van der Waals surface area (Å²) >= 11 is 0. The quantitative estimate of drug-likeness (QED) is 0.782. The molecule has 1 N–H and O–H groups in total. The minimum atomic E-state index is 0.319. The predicted molar refractivity (Wildman–Crippen MR) is 73.4 cm³/mol. The van der Waals surface area contributed by atoms with Crippen molar-refractivity contribution < 1.29 is 0 Å². The summed E-state index contributed by atoms with van der Waals surface area (Å²) in [6.07, 6.45) is 4.76. The first-order valence-corrected chi connectivity index (χ1v) is 6.60. The number of aryl methyl sites for hydroxylation is 1. The molecule has 1 aromatic rings. The molecule has 4 nitrogen and oxygen atoms in total. The summed E-state index contributed by atoms with van der Waals surface area (Å²) in [5.41, 5.74) is 2.34. The van der Waals surface area contributed by atoms with Gasteiger partial charge in [0.15, 0.2) is 5.82 Å². The normalized spacial score (nSPS) is 11.9. The van der Waals surface area contributed by atoms with Crippen LogP contribution < -0.4 is 5.32 Å². The summed E-state index contributed by atoms with van der Waals surface area (Å²) in [6.45, 7) is 8.10. The van der Waals surface area contributed by atoms with Crippen molar-refractivity contribution in [3.8, 4) is 6.07 Å². The van der Waals surface area contributed by atoms with Crippen LogP contribution in [-0.4, -0.2) is 16.2 Å². The summed E-state index contributed by atoms with van der Waals surface area (Å²) in [6, 6.07) is 2.53.